The fourth-order valence-corrected chi connectivity index (χ4v) is 3.29. The lowest BCUT2D eigenvalue weighted by molar-refractivity contribution is 0.0669. The molecule has 6 nitrogen and oxygen atoms in total. The van der Waals surface area contributed by atoms with E-state index in [1.165, 1.54) is 44.9 Å². The van der Waals surface area contributed by atoms with Crippen LogP contribution in [0.25, 0.3) is 0 Å². The molecular formula is C16H26N4O2. The van der Waals surface area contributed by atoms with Crippen molar-refractivity contribution in [3.05, 3.63) is 11.9 Å². The second kappa shape index (κ2) is 7.22. The van der Waals surface area contributed by atoms with Gasteiger partial charge in [-0.15, -0.1) is 5.10 Å². The van der Waals surface area contributed by atoms with E-state index in [1.54, 1.807) is 15.8 Å². The summed E-state index contributed by atoms with van der Waals surface area (Å²) in [7, 11) is 0. The average molecular weight is 306 g/mol. The molecule has 122 valence electrons. The van der Waals surface area contributed by atoms with Crippen molar-refractivity contribution in [2.24, 2.45) is 11.8 Å². The molecule has 2 saturated carbocycles. The molecule has 1 heterocycles. The first-order valence-electron chi connectivity index (χ1n) is 8.56. The van der Waals surface area contributed by atoms with Crippen LogP contribution < -0.4 is 0 Å². The molecule has 22 heavy (non-hydrogen) atoms. The van der Waals surface area contributed by atoms with Crippen LogP contribution in [0.15, 0.2) is 6.20 Å². The topological polar surface area (TPSA) is 71.2 Å². The van der Waals surface area contributed by atoms with Gasteiger partial charge in [0.1, 0.15) is 0 Å². The summed E-state index contributed by atoms with van der Waals surface area (Å²) < 4.78 is 1.78. The Morgan fingerprint density at radius 3 is 2.68 bits per heavy atom. The van der Waals surface area contributed by atoms with Crippen molar-refractivity contribution >= 4 is 5.91 Å². The molecule has 1 N–H and O–H groups in total. The van der Waals surface area contributed by atoms with Gasteiger partial charge in [-0.25, -0.2) is 0 Å². The zero-order valence-corrected chi connectivity index (χ0v) is 13.2. The third-order valence-electron chi connectivity index (χ3n) is 4.76. The van der Waals surface area contributed by atoms with Gasteiger partial charge in [0, 0.05) is 19.6 Å². The van der Waals surface area contributed by atoms with Gasteiger partial charge >= 0.3 is 0 Å². The number of aromatic nitrogens is 3. The Morgan fingerprint density at radius 2 is 2.00 bits per heavy atom. The maximum absolute atomic E-state index is 12.6. The van der Waals surface area contributed by atoms with Crippen LogP contribution in [0, 0.1) is 11.8 Å². The minimum Gasteiger partial charge on any atom is -0.395 e. The monoisotopic (exact) mass is 306 g/mol. The zero-order valence-electron chi connectivity index (χ0n) is 13.2. The number of carbonyl (C=O) groups is 1. The molecule has 6 heteroatoms. The Kier molecular flexibility index (Phi) is 5.08. The molecule has 1 aromatic rings. The van der Waals surface area contributed by atoms with Crippen molar-refractivity contribution in [3.8, 4) is 0 Å². The van der Waals surface area contributed by atoms with E-state index in [0.29, 0.717) is 24.1 Å². The van der Waals surface area contributed by atoms with Crippen molar-refractivity contribution in [2.45, 2.75) is 51.5 Å². The summed E-state index contributed by atoms with van der Waals surface area (Å²) in [5.41, 5.74) is 0.407. The molecule has 0 atom stereocenters. The number of carbonyl (C=O) groups excluding carboxylic acids is 1. The van der Waals surface area contributed by atoms with Crippen molar-refractivity contribution in [2.75, 3.05) is 19.7 Å². The fraction of sp³-hybridized carbons (Fsp3) is 0.812. The third-order valence-corrected chi connectivity index (χ3v) is 4.76. The number of rotatable bonds is 7. The highest BCUT2D eigenvalue weighted by Crippen LogP contribution is 2.30. The second-order valence-corrected chi connectivity index (χ2v) is 6.75. The van der Waals surface area contributed by atoms with E-state index in [0.717, 1.165) is 13.1 Å². The van der Waals surface area contributed by atoms with E-state index >= 15 is 0 Å². The largest absolute Gasteiger partial charge is 0.395 e. The molecule has 2 aliphatic carbocycles. The Bertz CT molecular complexity index is 492. The summed E-state index contributed by atoms with van der Waals surface area (Å²) in [6.45, 7) is 1.97. The lowest BCUT2D eigenvalue weighted by Gasteiger charge is -2.28. The van der Waals surface area contributed by atoms with Crippen LogP contribution in [0.3, 0.4) is 0 Å². The van der Waals surface area contributed by atoms with E-state index < -0.39 is 0 Å². The van der Waals surface area contributed by atoms with Crippen LogP contribution >= 0.6 is 0 Å². The molecule has 0 radical (unpaired) electrons. The SMILES string of the molecule is O=C(c1cn(CC2CC2)nn1)N(CCO)CC1CCCCC1. The van der Waals surface area contributed by atoms with Gasteiger partial charge in [-0.1, -0.05) is 24.5 Å². The first kappa shape index (κ1) is 15.5. The van der Waals surface area contributed by atoms with Gasteiger partial charge in [0.25, 0.3) is 5.91 Å². The maximum atomic E-state index is 12.6. The molecule has 0 saturated heterocycles. The van der Waals surface area contributed by atoms with Gasteiger partial charge in [-0.3, -0.25) is 9.48 Å². The van der Waals surface area contributed by atoms with Gasteiger partial charge in [-0.05, 0) is 37.5 Å². The number of aliphatic hydroxyl groups excluding tert-OH is 1. The van der Waals surface area contributed by atoms with E-state index in [1.807, 2.05) is 0 Å². The quantitative estimate of drug-likeness (QED) is 0.832. The number of hydrogen-bond acceptors (Lipinski definition) is 4. The van der Waals surface area contributed by atoms with E-state index in [-0.39, 0.29) is 12.5 Å². The van der Waals surface area contributed by atoms with E-state index in [2.05, 4.69) is 10.3 Å². The Balaban J connectivity index is 1.61. The highest BCUT2D eigenvalue weighted by atomic mass is 16.3. The summed E-state index contributed by atoms with van der Waals surface area (Å²) in [5.74, 6) is 1.17. The molecule has 1 aromatic heterocycles. The molecular weight excluding hydrogens is 280 g/mol. The van der Waals surface area contributed by atoms with Gasteiger partial charge in [0.2, 0.25) is 0 Å². The Morgan fingerprint density at radius 1 is 1.23 bits per heavy atom. The highest BCUT2D eigenvalue weighted by Gasteiger charge is 2.25. The highest BCUT2D eigenvalue weighted by molar-refractivity contribution is 5.91. The molecule has 1 amide bonds. The van der Waals surface area contributed by atoms with Crippen LogP contribution in [-0.2, 0) is 6.54 Å². The van der Waals surface area contributed by atoms with Crippen LogP contribution in [-0.4, -0.2) is 50.6 Å². The number of aliphatic hydroxyl groups is 1. The molecule has 0 aromatic carbocycles. The van der Waals surface area contributed by atoms with Gasteiger partial charge in [-0.2, -0.15) is 0 Å². The first-order chi connectivity index (χ1) is 10.8. The van der Waals surface area contributed by atoms with Gasteiger partial charge < -0.3 is 10.0 Å². The van der Waals surface area contributed by atoms with Gasteiger partial charge in [0.05, 0.1) is 12.8 Å². The summed E-state index contributed by atoms with van der Waals surface area (Å²) >= 11 is 0. The van der Waals surface area contributed by atoms with Gasteiger partial charge in [0.15, 0.2) is 5.69 Å². The van der Waals surface area contributed by atoms with Crippen molar-refractivity contribution in [1.82, 2.24) is 19.9 Å². The van der Waals surface area contributed by atoms with Crippen molar-refractivity contribution in [1.29, 1.82) is 0 Å². The minimum atomic E-state index is -0.0957. The average Bonchev–Trinajstić information content (AvgIpc) is 3.22. The second-order valence-electron chi connectivity index (χ2n) is 6.75. The summed E-state index contributed by atoms with van der Waals surface area (Å²) in [5, 5.41) is 17.4. The normalized spacial score (nSPS) is 19.3. The first-order valence-corrected chi connectivity index (χ1v) is 8.56. The number of hydrogen-bond donors (Lipinski definition) is 1. The fourth-order valence-electron chi connectivity index (χ4n) is 3.29. The molecule has 2 aliphatic rings. The maximum Gasteiger partial charge on any atom is 0.276 e. The smallest absolute Gasteiger partial charge is 0.276 e. The van der Waals surface area contributed by atoms with Crippen LogP contribution in [0.5, 0.6) is 0 Å². The summed E-state index contributed by atoms with van der Waals surface area (Å²) in [6, 6.07) is 0. The van der Waals surface area contributed by atoms with Crippen molar-refractivity contribution < 1.29 is 9.90 Å². The number of amides is 1. The summed E-state index contributed by atoms with van der Waals surface area (Å²) in [6.07, 6.45) is 10.4. The Hall–Kier alpha value is -1.43. The third kappa shape index (κ3) is 4.06. The van der Waals surface area contributed by atoms with Crippen LogP contribution in [0.2, 0.25) is 0 Å². The molecule has 0 bridgehead atoms. The lowest BCUT2D eigenvalue weighted by Crippen LogP contribution is -2.38. The number of nitrogens with zero attached hydrogens (tertiary/aromatic N) is 4. The minimum absolute atomic E-state index is 0.00529. The summed E-state index contributed by atoms with van der Waals surface area (Å²) in [4.78, 5) is 14.4. The van der Waals surface area contributed by atoms with Crippen LogP contribution in [0.4, 0.5) is 0 Å². The predicted molar refractivity (Wildman–Crippen MR) is 82.3 cm³/mol. The van der Waals surface area contributed by atoms with E-state index in [9.17, 15) is 9.90 Å². The zero-order chi connectivity index (χ0) is 15.4. The molecule has 2 fully saturated rings. The molecule has 3 rings (SSSR count). The van der Waals surface area contributed by atoms with Crippen LogP contribution in [0.1, 0.15) is 55.4 Å². The molecule has 0 spiro atoms. The molecule has 0 unspecified atom stereocenters. The Labute approximate surface area is 131 Å². The van der Waals surface area contributed by atoms with E-state index in [4.69, 9.17) is 0 Å². The van der Waals surface area contributed by atoms with Crippen molar-refractivity contribution in [3.63, 3.8) is 0 Å². The molecule has 0 aliphatic heterocycles. The lowest BCUT2D eigenvalue weighted by atomic mass is 9.89. The predicted octanol–water partition coefficient (Wildman–Crippen LogP) is 1.70. The standard InChI is InChI=1S/C16H26N4O2/c21-9-8-19(10-13-4-2-1-3-5-13)16(22)15-12-20(18-17-15)11-14-6-7-14/h12-14,21H,1-11H2.